The Kier molecular flexibility index (Phi) is 4.18. The molecular formula is C20H15N3O2S. The van der Waals surface area contributed by atoms with Gasteiger partial charge in [0.15, 0.2) is 10.8 Å². The van der Waals surface area contributed by atoms with Crippen LogP contribution >= 0.6 is 11.8 Å². The van der Waals surface area contributed by atoms with Crippen molar-refractivity contribution in [3.8, 4) is 22.6 Å². The molecule has 0 unspecified atom stereocenters. The van der Waals surface area contributed by atoms with Crippen LogP contribution in [0, 0.1) is 0 Å². The molecule has 26 heavy (non-hydrogen) atoms. The van der Waals surface area contributed by atoms with E-state index in [0.717, 1.165) is 16.6 Å². The summed E-state index contributed by atoms with van der Waals surface area (Å²) >= 11 is 1.43. The number of thioether (sulfide) groups is 1. The number of para-hydroxylation sites is 1. The van der Waals surface area contributed by atoms with Crippen molar-refractivity contribution in [1.82, 2.24) is 14.5 Å². The quantitative estimate of drug-likeness (QED) is 0.443. The van der Waals surface area contributed by atoms with Gasteiger partial charge in [-0.15, -0.1) is 0 Å². The molecular weight excluding hydrogens is 346 g/mol. The van der Waals surface area contributed by atoms with Crippen LogP contribution in [0.15, 0.2) is 76.8 Å². The number of nitrogens with zero attached hydrogens (tertiary/aromatic N) is 3. The summed E-state index contributed by atoms with van der Waals surface area (Å²) in [7, 11) is 0. The third kappa shape index (κ3) is 2.84. The van der Waals surface area contributed by atoms with E-state index < -0.39 is 0 Å². The van der Waals surface area contributed by atoms with E-state index in [1.54, 1.807) is 41.1 Å². The average molecular weight is 361 g/mol. The van der Waals surface area contributed by atoms with Gasteiger partial charge in [0.1, 0.15) is 5.75 Å². The van der Waals surface area contributed by atoms with Crippen LogP contribution < -0.4 is 5.56 Å². The largest absolute Gasteiger partial charge is 0.508 e. The Morgan fingerprint density at radius 3 is 2.46 bits per heavy atom. The number of pyridine rings is 1. The van der Waals surface area contributed by atoms with Crippen LogP contribution in [0.4, 0.5) is 0 Å². The molecule has 5 nitrogen and oxygen atoms in total. The molecule has 6 heteroatoms. The first-order valence-corrected chi connectivity index (χ1v) is 9.21. The van der Waals surface area contributed by atoms with Crippen LogP contribution in [0.25, 0.3) is 27.8 Å². The summed E-state index contributed by atoms with van der Waals surface area (Å²) in [4.78, 5) is 22.2. The van der Waals surface area contributed by atoms with Crippen molar-refractivity contribution >= 4 is 22.8 Å². The third-order valence-electron chi connectivity index (χ3n) is 4.09. The van der Waals surface area contributed by atoms with Crippen molar-refractivity contribution in [3.63, 3.8) is 0 Å². The molecule has 0 amide bonds. The molecule has 0 atom stereocenters. The number of rotatable bonds is 3. The lowest BCUT2D eigenvalue weighted by Crippen LogP contribution is -2.21. The number of aromatic nitrogens is 3. The maximum atomic E-state index is 13.3. The minimum Gasteiger partial charge on any atom is -0.508 e. The Morgan fingerprint density at radius 2 is 1.77 bits per heavy atom. The summed E-state index contributed by atoms with van der Waals surface area (Å²) in [6.07, 6.45) is 3.63. The normalized spacial score (nSPS) is 11.0. The van der Waals surface area contributed by atoms with Gasteiger partial charge in [-0.05, 0) is 42.2 Å². The highest BCUT2D eigenvalue weighted by Crippen LogP contribution is 2.24. The molecule has 4 rings (SSSR count). The summed E-state index contributed by atoms with van der Waals surface area (Å²) in [5.74, 6) is 0.158. The van der Waals surface area contributed by atoms with E-state index in [9.17, 15) is 9.90 Å². The summed E-state index contributed by atoms with van der Waals surface area (Å²) in [5, 5.41) is 10.9. The smallest absolute Gasteiger partial charge is 0.264 e. The van der Waals surface area contributed by atoms with Gasteiger partial charge in [-0.25, -0.2) is 9.97 Å². The van der Waals surface area contributed by atoms with E-state index >= 15 is 0 Å². The lowest BCUT2D eigenvalue weighted by Gasteiger charge is -2.13. The van der Waals surface area contributed by atoms with Crippen LogP contribution in [-0.4, -0.2) is 25.9 Å². The number of fused-ring (bicyclic) bond motifs is 1. The minimum atomic E-state index is -0.167. The van der Waals surface area contributed by atoms with Gasteiger partial charge < -0.3 is 5.11 Å². The highest BCUT2D eigenvalue weighted by molar-refractivity contribution is 7.98. The second-order valence-corrected chi connectivity index (χ2v) is 6.49. The third-order valence-corrected chi connectivity index (χ3v) is 4.66. The van der Waals surface area contributed by atoms with E-state index in [0.29, 0.717) is 16.4 Å². The molecule has 0 saturated heterocycles. The zero-order valence-corrected chi connectivity index (χ0v) is 14.8. The van der Waals surface area contributed by atoms with Gasteiger partial charge in [0, 0.05) is 17.1 Å². The number of phenols is 1. The van der Waals surface area contributed by atoms with E-state index in [1.165, 1.54) is 11.8 Å². The maximum absolute atomic E-state index is 13.3. The second-order valence-electron chi connectivity index (χ2n) is 5.72. The molecule has 0 aliphatic carbocycles. The average Bonchev–Trinajstić information content (AvgIpc) is 2.68. The summed E-state index contributed by atoms with van der Waals surface area (Å²) in [6.45, 7) is 0. The predicted molar refractivity (Wildman–Crippen MR) is 104 cm³/mol. The second kappa shape index (κ2) is 6.65. The van der Waals surface area contributed by atoms with Crippen LogP contribution in [-0.2, 0) is 0 Å². The lowest BCUT2D eigenvalue weighted by atomic mass is 10.1. The van der Waals surface area contributed by atoms with E-state index in [-0.39, 0.29) is 11.3 Å². The van der Waals surface area contributed by atoms with E-state index in [2.05, 4.69) is 9.97 Å². The molecule has 0 saturated carbocycles. The fourth-order valence-electron chi connectivity index (χ4n) is 2.84. The highest BCUT2D eigenvalue weighted by atomic mass is 32.2. The highest BCUT2D eigenvalue weighted by Gasteiger charge is 2.14. The number of aromatic hydroxyl groups is 1. The Morgan fingerprint density at radius 1 is 1.04 bits per heavy atom. The van der Waals surface area contributed by atoms with Crippen molar-refractivity contribution in [2.75, 3.05) is 6.26 Å². The first kappa shape index (κ1) is 16.4. The van der Waals surface area contributed by atoms with Crippen LogP contribution in [0.2, 0.25) is 0 Å². The Bertz CT molecular complexity index is 1140. The minimum absolute atomic E-state index is 0.158. The molecule has 4 aromatic rings. The number of benzene rings is 2. The van der Waals surface area contributed by atoms with Gasteiger partial charge in [-0.1, -0.05) is 42.1 Å². The Hall–Kier alpha value is -3.12. The van der Waals surface area contributed by atoms with Crippen molar-refractivity contribution in [3.05, 3.63) is 77.2 Å². The van der Waals surface area contributed by atoms with Gasteiger partial charge >= 0.3 is 0 Å². The Labute approximate surface area is 154 Å². The van der Waals surface area contributed by atoms with Gasteiger partial charge in [-0.3, -0.25) is 9.36 Å². The molecule has 0 radical (unpaired) electrons. The van der Waals surface area contributed by atoms with Crippen molar-refractivity contribution in [2.45, 2.75) is 5.16 Å². The zero-order valence-electron chi connectivity index (χ0n) is 14.0. The number of hydrogen-bond donors (Lipinski definition) is 1. The molecule has 128 valence electrons. The molecule has 0 spiro atoms. The molecule has 2 aromatic heterocycles. The number of phenolic OH excluding ortho intramolecular Hbond substituents is 1. The maximum Gasteiger partial charge on any atom is 0.264 e. The first-order chi connectivity index (χ1) is 12.7. The molecule has 2 aromatic carbocycles. The van der Waals surface area contributed by atoms with E-state index in [1.807, 2.05) is 36.6 Å². The Balaban J connectivity index is 2.09. The van der Waals surface area contributed by atoms with Crippen LogP contribution in [0.5, 0.6) is 5.75 Å². The fraction of sp³-hybridized carbons (Fsp3) is 0.0500. The van der Waals surface area contributed by atoms with Gasteiger partial charge in [0.25, 0.3) is 5.56 Å². The molecule has 1 N–H and O–H groups in total. The summed E-state index contributed by atoms with van der Waals surface area (Å²) < 4.78 is 1.61. The van der Waals surface area contributed by atoms with Gasteiger partial charge in [-0.2, -0.15) is 0 Å². The zero-order chi connectivity index (χ0) is 18.1. The predicted octanol–water partition coefficient (Wildman–Crippen LogP) is 3.88. The SMILES string of the molecule is CSc1ncc2cc(-c3ccc(O)cc3)c(=O)n(-c3ccccc3)c2n1. The van der Waals surface area contributed by atoms with Crippen molar-refractivity contribution in [1.29, 1.82) is 0 Å². The summed E-state index contributed by atoms with van der Waals surface area (Å²) in [6, 6.07) is 17.8. The summed E-state index contributed by atoms with van der Waals surface area (Å²) in [5.41, 5.74) is 2.41. The number of hydrogen-bond acceptors (Lipinski definition) is 5. The van der Waals surface area contributed by atoms with Gasteiger partial charge in [0.05, 0.1) is 5.69 Å². The van der Waals surface area contributed by atoms with Crippen molar-refractivity contribution < 1.29 is 5.11 Å². The molecule has 0 fully saturated rings. The fourth-order valence-corrected chi connectivity index (χ4v) is 3.18. The molecule has 0 aliphatic rings. The monoisotopic (exact) mass is 361 g/mol. The molecule has 2 heterocycles. The van der Waals surface area contributed by atoms with Crippen molar-refractivity contribution in [2.24, 2.45) is 0 Å². The molecule has 0 aliphatic heterocycles. The van der Waals surface area contributed by atoms with Gasteiger partial charge in [0.2, 0.25) is 0 Å². The lowest BCUT2D eigenvalue weighted by molar-refractivity contribution is 0.475. The topological polar surface area (TPSA) is 68.0 Å². The van der Waals surface area contributed by atoms with E-state index in [4.69, 9.17) is 0 Å². The first-order valence-electron chi connectivity index (χ1n) is 7.99. The molecule has 0 bridgehead atoms. The standard InChI is InChI=1S/C20H15N3O2S/c1-26-20-21-12-14-11-17(13-7-9-16(24)10-8-13)19(25)23(18(14)22-20)15-5-3-2-4-6-15/h2-12,24H,1H3. The van der Waals surface area contributed by atoms with Crippen LogP contribution in [0.1, 0.15) is 0 Å². The van der Waals surface area contributed by atoms with Crippen LogP contribution in [0.3, 0.4) is 0 Å².